The van der Waals surface area contributed by atoms with E-state index in [0.29, 0.717) is 23.8 Å². The largest absolute Gasteiger partial charge is 0.355 e. The standard InChI is InChI=1S/C24H29ClN4O/c1-4-14-29(15-13-22(30)26-17(3)5-2)24-20-12-11-19(25)16-21(20)27-23(28-24)18-9-7-6-8-10-18/h6-12,16-17H,4-5,13-15H2,1-3H3,(H,26,30). The second kappa shape index (κ2) is 10.4. The zero-order valence-electron chi connectivity index (χ0n) is 17.9. The summed E-state index contributed by atoms with van der Waals surface area (Å²) in [4.78, 5) is 24.2. The third-order valence-corrected chi connectivity index (χ3v) is 5.33. The molecule has 0 saturated heterocycles. The molecule has 5 nitrogen and oxygen atoms in total. The Morgan fingerprint density at radius 3 is 2.57 bits per heavy atom. The monoisotopic (exact) mass is 424 g/mol. The Hall–Kier alpha value is -2.66. The molecular formula is C24H29ClN4O. The van der Waals surface area contributed by atoms with Crippen LogP contribution >= 0.6 is 11.6 Å². The molecule has 158 valence electrons. The number of nitrogens with one attached hydrogen (secondary N) is 1. The molecule has 1 heterocycles. The quantitative estimate of drug-likeness (QED) is 0.494. The number of hydrogen-bond donors (Lipinski definition) is 1. The zero-order valence-corrected chi connectivity index (χ0v) is 18.6. The molecule has 3 rings (SSSR count). The van der Waals surface area contributed by atoms with E-state index in [1.165, 1.54) is 0 Å². The number of aromatic nitrogens is 2. The first kappa shape index (κ1) is 22.0. The second-order valence-electron chi connectivity index (χ2n) is 7.51. The van der Waals surface area contributed by atoms with Crippen molar-refractivity contribution in [3.05, 3.63) is 53.6 Å². The first-order valence-electron chi connectivity index (χ1n) is 10.6. The summed E-state index contributed by atoms with van der Waals surface area (Å²) in [6.07, 6.45) is 2.29. The molecule has 0 aliphatic carbocycles. The summed E-state index contributed by atoms with van der Waals surface area (Å²) < 4.78 is 0. The fraction of sp³-hybridized carbons (Fsp3) is 0.375. The number of fused-ring (bicyclic) bond motifs is 1. The van der Waals surface area contributed by atoms with Crippen molar-refractivity contribution in [3.63, 3.8) is 0 Å². The number of carbonyl (C=O) groups is 1. The van der Waals surface area contributed by atoms with E-state index in [1.807, 2.05) is 55.5 Å². The summed E-state index contributed by atoms with van der Waals surface area (Å²) in [5.74, 6) is 1.56. The molecule has 0 saturated carbocycles. The third-order valence-electron chi connectivity index (χ3n) is 5.09. The predicted molar refractivity (Wildman–Crippen MR) is 125 cm³/mol. The Labute approximate surface area is 183 Å². The summed E-state index contributed by atoms with van der Waals surface area (Å²) in [7, 11) is 0. The number of rotatable bonds is 9. The average Bonchev–Trinajstić information content (AvgIpc) is 2.76. The van der Waals surface area contributed by atoms with Crippen LogP contribution in [0.5, 0.6) is 0 Å². The van der Waals surface area contributed by atoms with Gasteiger partial charge < -0.3 is 10.2 Å². The van der Waals surface area contributed by atoms with Crippen LogP contribution in [-0.4, -0.2) is 35.0 Å². The zero-order chi connectivity index (χ0) is 21.5. The minimum absolute atomic E-state index is 0.0649. The molecule has 0 aliphatic rings. The van der Waals surface area contributed by atoms with Crippen LogP contribution in [0.25, 0.3) is 22.3 Å². The minimum Gasteiger partial charge on any atom is -0.355 e. The molecule has 0 fully saturated rings. The van der Waals surface area contributed by atoms with Gasteiger partial charge in [0.05, 0.1) is 5.52 Å². The lowest BCUT2D eigenvalue weighted by Crippen LogP contribution is -2.36. The van der Waals surface area contributed by atoms with Crippen molar-refractivity contribution in [1.82, 2.24) is 15.3 Å². The minimum atomic E-state index is 0.0649. The van der Waals surface area contributed by atoms with E-state index in [1.54, 1.807) is 0 Å². The van der Waals surface area contributed by atoms with Gasteiger partial charge >= 0.3 is 0 Å². The number of amides is 1. The molecule has 6 heteroatoms. The van der Waals surface area contributed by atoms with Gasteiger partial charge in [0.15, 0.2) is 5.82 Å². The van der Waals surface area contributed by atoms with E-state index in [9.17, 15) is 4.79 Å². The number of anilines is 1. The molecule has 0 spiro atoms. The van der Waals surface area contributed by atoms with Crippen LogP contribution in [-0.2, 0) is 4.79 Å². The number of carbonyl (C=O) groups excluding carboxylic acids is 1. The Kier molecular flexibility index (Phi) is 7.63. The number of halogens is 1. The highest BCUT2D eigenvalue weighted by Gasteiger charge is 2.17. The van der Waals surface area contributed by atoms with Gasteiger partial charge in [-0.25, -0.2) is 9.97 Å². The Morgan fingerprint density at radius 2 is 1.87 bits per heavy atom. The summed E-state index contributed by atoms with van der Waals surface area (Å²) in [6, 6.07) is 15.8. The SMILES string of the molecule is CCCN(CCC(=O)NC(C)CC)c1nc(-c2ccccc2)nc2cc(Cl)ccc12. The van der Waals surface area contributed by atoms with Crippen molar-refractivity contribution >= 4 is 34.2 Å². The molecule has 1 unspecified atom stereocenters. The number of nitrogens with zero attached hydrogens (tertiary/aromatic N) is 3. The summed E-state index contributed by atoms with van der Waals surface area (Å²) in [5, 5.41) is 4.62. The Morgan fingerprint density at radius 1 is 1.10 bits per heavy atom. The Balaban J connectivity index is 1.98. The first-order valence-corrected chi connectivity index (χ1v) is 11.0. The normalized spacial score (nSPS) is 12.0. The molecular weight excluding hydrogens is 396 g/mol. The van der Waals surface area contributed by atoms with Gasteiger partial charge in [-0.05, 0) is 38.0 Å². The van der Waals surface area contributed by atoms with Crippen LogP contribution in [0.3, 0.4) is 0 Å². The molecule has 0 bridgehead atoms. The van der Waals surface area contributed by atoms with Crippen LogP contribution in [0, 0.1) is 0 Å². The summed E-state index contributed by atoms with van der Waals surface area (Å²) >= 11 is 6.25. The Bertz CT molecular complexity index is 993. The van der Waals surface area contributed by atoms with Crippen LogP contribution in [0.4, 0.5) is 5.82 Å². The van der Waals surface area contributed by atoms with Crippen LogP contribution in [0.1, 0.15) is 40.0 Å². The van der Waals surface area contributed by atoms with Gasteiger partial charge in [-0.15, -0.1) is 0 Å². The molecule has 1 amide bonds. The van der Waals surface area contributed by atoms with Gasteiger partial charge in [-0.1, -0.05) is 55.8 Å². The molecule has 1 atom stereocenters. The van der Waals surface area contributed by atoms with Crippen LogP contribution < -0.4 is 10.2 Å². The maximum atomic E-state index is 12.4. The molecule has 0 radical (unpaired) electrons. The number of benzene rings is 2. The van der Waals surface area contributed by atoms with Gasteiger partial charge in [0.1, 0.15) is 5.82 Å². The van der Waals surface area contributed by atoms with E-state index in [-0.39, 0.29) is 11.9 Å². The van der Waals surface area contributed by atoms with Gasteiger partial charge in [-0.3, -0.25) is 4.79 Å². The topological polar surface area (TPSA) is 58.1 Å². The first-order chi connectivity index (χ1) is 14.5. The predicted octanol–water partition coefficient (Wildman–Crippen LogP) is 5.47. The maximum Gasteiger partial charge on any atom is 0.221 e. The van der Waals surface area contributed by atoms with Crippen LogP contribution in [0.15, 0.2) is 48.5 Å². The fourth-order valence-corrected chi connectivity index (χ4v) is 3.49. The lowest BCUT2D eigenvalue weighted by molar-refractivity contribution is -0.121. The van der Waals surface area contributed by atoms with Crippen molar-refractivity contribution in [1.29, 1.82) is 0 Å². The van der Waals surface area contributed by atoms with Crippen molar-refractivity contribution in [2.24, 2.45) is 0 Å². The van der Waals surface area contributed by atoms with Gasteiger partial charge in [-0.2, -0.15) is 0 Å². The van der Waals surface area contributed by atoms with E-state index >= 15 is 0 Å². The highest BCUT2D eigenvalue weighted by Crippen LogP contribution is 2.29. The smallest absolute Gasteiger partial charge is 0.221 e. The molecule has 0 aliphatic heterocycles. The van der Waals surface area contributed by atoms with E-state index in [4.69, 9.17) is 21.6 Å². The highest BCUT2D eigenvalue weighted by molar-refractivity contribution is 6.31. The van der Waals surface area contributed by atoms with Crippen molar-refractivity contribution in [3.8, 4) is 11.4 Å². The second-order valence-corrected chi connectivity index (χ2v) is 7.95. The maximum absolute atomic E-state index is 12.4. The van der Waals surface area contributed by atoms with E-state index in [2.05, 4.69) is 24.1 Å². The summed E-state index contributed by atoms with van der Waals surface area (Å²) in [5.41, 5.74) is 1.75. The lowest BCUT2D eigenvalue weighted by Gasteiger charge is -2.25. The van der Waals surface area contributed by atoms with E-state index in [0.717, 1.165) is 41.7 Å². The molecule has 2 aromatic carbocycles. The van der Waals surface area contributed by atoms with Gasteiger partial charge in [0.2, 0.25) is 5.91 Å². The van der Waals surface area contributed by atoms with Crippen LogP contribution in [0.2, 0.25) is 5.02 Å². The molecule has 30 heavy (non-hydrogen) atoms. The van der Waals surface area contributed by atoms with Gasteiger partial charge in [0.25, 0.3) is 0 Å². The van der Waals surface area contributed by atoms with Gasteiger partial charge in [0, 0.05) is 41.5 Å². The average molecular weight is 425 g/mol. The van der Waals surface area contributed by atoms with Crippen molar-refractivity contribution in [2.45, 2.75) is 46.1 Å². The molecule has 1 N–H and O–H groups in total. The third kappa shape index (κ3) is 5.48. The molecule has 3 aromatic rings. The highest BCUT2D eigenvalue weighted by atomic mass is 35.5. The lowest BCUT2D eigenvalue weighted by atomic mass is 10.1. The van der Waals surface area contributed by atoms with E-state index < -0.39 is 0 Å². The van der Waals surface area contributed by atoms with Crippen molar-refractivity contribution < 1.29 is 4.79 Å². The molecule has 1 aromatic heterocycles. The fourth-order valence-electron chi connectivity index (χ4n) is 3.32. The number of hydrogen-bond acceptors (Lipinski definition) is 4. The van der Waals surface area contributed by atoms with Crippen molar-refractivity contribution in [2.75, 3.05) is 18.0 Å². The summed E-state index contributed by atoms with van der Waals surface area (Å²) in [6.45, 7) is 7.62.